The number of hydrogen-bond acceptors (Lipinski definition) is 3. The summed E-state index contributed by atoms with van der Waals surface area (Å²) in [4.78, 5) is 3.05. The van der Waals surface area contributed by atoms with Crippen LogP contribution in [-0.4, -0.2) is 39.7 Å². The minimum atomic E-state index is -3.67. The van der Waals surface area contributed by atoms with Crippen LogP contribution >= 0.6 is 0 Å². The number of aromatic nitrogens is 1. The Kier molecular flexibility index (Phi) is 6.81. The predicted octanol–water partition coefficient (Wildman–Crippen LogP) is 4.20. The van der Waals surface area contributed by atoms with Gasteiger partial charge in [0, 0.05) is 31.1 Å². The molecule has 3 N–H and O–H groups in total. The maximum atomic E-state index is 14.5. The molecule has 6 nitrogen and oxygen atoms in total. The number of nitrogens with one attached hydrogen (secondary N) is 3. The molecule has 178 valence electrons. The first-order chi connectivity index (χ1) is 15.7. The van der Waals surface area contributed by atoms with E-state index in [1.54, 1.807) is 19.1 Å². The summed E-state index contributed by atoms with van der Waals surface area (Å²) in [5.74, 6) is -1.70. The Morgan fingerprint density at radius 2 is 1.82 bits per heavy atom. The Morgan fingerprint density at radius 1 is 1.12 bits per heavy atom. The van der Waals surface area contributed by atoms with Crippen molar-refractivity contribution in [2.75, 3.05) is 20.3 Å². The lowest BCUT2D eigenvalue weighted by atomic mass is 9.70. The first-order valence-electron chi connectivity index (χ1n) is 10.7. The van der Waals surface area contributed by atoms with E-state index in [0.29, 0.717) is 29.5 Å². The van der Waals surface area contributed by atoms with Crippen molar-refractivity contribution in [3.8, 4) is 11.3 Å². The quantitative estimate of drug-likeness (QED) is 0.428. The lowest BCUT2D eigenvalue weighted by Gasteiger charge is -2.36. The Hall–Kier alpha value is -2.40. The Morgan fingerprint density at radius 3 is 2.48 bits per heavy atom. The van der Waals surface area contributed by atoms with Crippen LogP contribution in [0.25, 0.3) is 22.2 Å². The van der Waals surface area contributed by atoms with Crippen LogP contribution in [0.3, 0.4) is 0 Å². The molecule has 0 amide bonds. The molecule has 1 aliphatic carbocycles. The van der Waals surface area contributed by atoms with Crippen LogP contribution < -0.4 is 9.44 Å². The number of ether oxygens (including phenoxy) is 1. The van der Waals surface area contributed by atoms with Crippen molar-refractivity contribution in [3.05, 3.63) is 59.4 Å². The monoisotopic (exact) mass is 481 g/mol. The van der Waals surface area contributed by atoms with Gasteiger partial charge in [0.25, 0.3) is 10.2 Å². The zero-order valence-electron chi connectivity index (χ0n) is 18.3. The molecule has 3 aromatic rings. The molecule has 1 heterocycles. The molecule has 1 aliphatic rings. The molecule has 1 unspecified atom stereocenters. The van der Waals surface area contributed by atoms with E-state index in [4.69, 9.17) is 4.74 Å². The van der Waals surface area contributed by atoms with Crippen molar-refractivity contribution in [3.63, 3.8) is 0 Å². The first kappa shape index (κ1) is 23.7. The highest BCUT2D eigenvalue weighted by atomic mass is 32.2. The third kappa shape index (κ3) is 5.24. The Bertz CT molecular complexity index is 1240. The summed E-state index contributed by atoms with van der Waals surface area (Å²) in [6.07, 6.45) is 1.30. The highest BCUT2D eigenvalue weighted by Crippen LogP contribution is 2.48. The number of H-pyrrole nitrogens is 1. The number of rotatable bonds is 9. The SMILES string of the molecule is COCC(C)NS(=O)(=O)NCC1CC(c2c(-c3ccc(F)cc3)[nH]c3c(F)cc(F)cc23)C1. The molecule has 0 bridgehead atoms. The molecule has 0 saturated heterocycles. The summed E-state index contributed by atoms with van der Waals surface area (Å²) >= 11 is 0. The standard InChI is InChI=1S/C23H26F3N3O3S/c1-13(12-32-2)29-33(30,31)27-11-14-7-16(8-14)21-19-9-18(25)10-20(26)23(19)28-22(21)15-3-5-17(24)6-4-15/h3-6,9-10,13-14,16,27-29H,7-8,11-12H2,1-2H3. The van der Waals surface area contributed by atoms with Gasteiger partial charge in [0.1, 0.15) is 17.5 Å². The number of benzene rings is 2. The molecule has 0 radical (unpaired) electrons. The van der Waals surface area contributed by atoms with Crippen LogP contribution in [0, 0.1) is 23.4 Å². The average molecular weight is 482 g/mol. The number of aromatic amines is 1. The van der Waals surface area contributed by atoms with Gasteiger partial charge in [0.15, 0.2) is 0 Å². The van der Waals surface area contributed by atoms with Crippen molar-refractivity contribution in [2.45, 2.75) is 31.7 Å². The molecule has 1 fully saturated rings. The lowest BCUT2D eigenvalue weighted by Crippen LogP contribution is -2.45. The van der Waals surface area contributed by atoms with E-state index in [1.165, 1.54) is 25.3 Å². The van der Waals surface area contributed by atoms with Gasteiger partial charge in [0.2, 0.25) is 0 Å². The summed E-state index contributed by atoms with van der Waals surface area (Å²) in [5.41, 5.74) is 2.25. The molecule has 2 aromatic carbocycles. The van der Waals surface area contributed by atoms with E-state index in [2.05, 4.69) is 14.4 Å². The highest BCUT2D eigenvalue weighted by molar-refractivity contribution is 7.87. The van der Waals surface area contributed by atoms with Gasteiger partial charge >= 0.3 is 0 Å². The van der Waals surface area contributed by atoms with Gasteiger partial charge in [-0.1, -0.05) is 0 Å². The van der Waals surface area contributed by atoms with Crippen LogP contribution in [0.4, 0.5) is 13.2 Å². The molecule has 10 heteroatoms. The fourth-order valence-electron chi connectivity index (χ4n) is 4.46. The molecule has 33 heavy (non-hydrogen) atoms. The third-order valence-corrected chi connectivity index (χ3v) is 7.24. The lowest BCUT2D eigenvalue weighted by molar-refractivity contribution is 0.180. The topological polar surface area (TPSA) is 83.2 Å². The molecule has 1 saturated carbocycles. The maximum Gasteiger partial charge on any atom is 0.277 e. The molecule has 0 aliphatic heterocycles. The fourth-order valence-corrected chi connectivity index (χ4v) is 5.60. The second-order valence-corrected chi connectivity index (χ2v) is 10.1. The minimum Gasteiger partial charge on any atom is -0.383 e. The van der Waals surface area contributed by atoms with Crippen LogP contribution in [0.1, 0.15) is 31.2 Å². The predicted molar refractivity (Wildman–Crippen MR) is 120 cm³/mol. The van der Waals surface area contributed by atoms with E-state index in [9.17, 15) is 21.6 Å². The van der Waals surface area contributed by atoms with E-state index in [0.717, 1.165) is 11.6 Å². The van der Waals surface area contributed by atoms with Gasteiger partial charge < -0.3 is 9.72 Å². The van der Waals surface area contributed by atoms with Crippen LogP contribution in [0.5, 0.6) is 0 Å². The van der Waals surface area contributed by atoms with Gasteiger partial charge in [-0.25, -0.2) is 17.9 Å². The minimum absolute atomic E-state index is 0.0186. The van der Waals surface area contributed by atoms with Gasteiger partial charge in [-0.3, -0.25) is 0 Å². The second-order valence-electron chi connectivity index (χ2n) is 8.59. The largest absolute Gasteiger partial charge is 0.383 e. The van der Waals surface area contributed by atoms with Gasteiger partial charge in [0.05, 0.1) is 17.8 Å². The summed E-state index contributed by atoms with van der Waals surface area (Å²) in [5, 5.41) is 0.450. The second kappa shape index (κ2) is 9.46. The van der Waals surface area contributed by atoms with E-state index in [1.807, 2.05) is 0 Å². The van der Waals surface area contributed by atoms with E-state index < -0.39 is 27.7 Å². The first-order valence-corrected chi connectivity index (χ1v) is 12.2. The zero-order chi connectivity index (χ0) is 23.8. The number of methoxy groups -OCH3 is 1. The van der Waals surface area contributed by atoms with Gasteiger partial charge in [-0.15, -0.1) is 0 Å². The van der Waals surface area contributed by atoms with Crippen molar-refractivity contribution in [1.29, 1.82) is 0 Å². The molecular weight excluding hydrogens is 455 g/mol. The maximum absolute atomic E-state index is 14.5. The summed E-state index contributed by atoms with van der Waals surface area (Å²) < 4.78 is 76.3. The fraction of sp³-hybridized carbons (Fsp3) is 0.391. The molecule has 1 aromatic heterocycles. The summed E-state index contributed by atoms with van der Waals surface area (Å²) in [6.45, 7) is 2.21. The number of hydrogen-bond donors (Lipinski definition) is 3. The zero-order valence-corrected chi connectivity index (χ0v) is 19.1. The van der Waals surface area contributed by atoms with Crippen LogP contribution in [-0.2, 0) is 14.9 Å². The Balaban J connectivity index is 1.53. The molecule has 4 rings (SSSR count). The van der Waals surface area contributed by atoms with Crippen molar-refractivity contribution in [1.82, 2.24) is 14.4 Å². The third-order valence-electron chi connectivity index (χ3n) is 5.98. The van der Waals surface area contributed by atoms with Gasteiger partial charge in [-0.05, 0) is 73.1 Å². The van der Waals surface area contributed by atoms with Crippen molar-refractivity contribution in [2.24, 2.45) is 5.92 Å². The molecule has 0 spiro atoms. The number of halogens is 3. The summed E-state index contributed by atoms with van der Waals surface area (Å²) in [6, 6.07) is 7.58. The van der Waals surface area contributed by atoms with Crippen LogP contribution in [0.2, 0.25) is 0 Å². The molecule has 1 atom stereocenters. The van der Waals surface area contributed by atoms with Gasteiger partial charge in [-0.2, -0.15) is 13.1 Å². The average Bonchev–Trinajstić information content (AvgIpc) is 3.06. The van der Waals surface area contributed by atoms with Crippen molar-refractivity contribution < 1.29 is 26.3 Å². The van der Waals surface area contributed by atoms with E-state index in [-0.39, 0.29) is 36.5 Å². The summed E-state index contributed by atoms with van der Waals surface area (Å²) in [7, 11) is -2.17. The van der Waals surface area contributed by atoms with Crippen LogP contribution in [0.15, 0.2) is 36.4 Å². The van der Waals surface area contributed by atoms with E-state index >= 15 is 0 Å². The Labute approximate surface area is 190 Å². The van der Waals surface area contributed by atoms with Crippen molar-refractivity contribution >= 4 is 21.1 Å². The smallest absolute Gasteiger partial charge is 0.277 e. The normalized spacial score (nSPS) is 19.5. The molecular formula is C23H26F3N3O3S. The number of fused-ring (bicyclic) bond motifs is 1. The highest BCUT2D eigenvalue weighted by Gasteiger charge is 2.35.